The highest BCUT2D eigenvalue weighted by Gasteiger charge is 2.46. The van der Waals surface area contributed by atoms with Crippen molar-refractivity contribution in [2.45, 2.75) is 38.0 Å². The van der Waals surface area contributed by atoms with Crippen molar-refractivity contribution in [1.82, 2.24) is 15.1 Å². The van der Waals surface area contributed by atoms with Crippen molar-refractivity contribution < 1.29 is 22.6 Å². The predicted molar refractivity (Wildman–Crippen MR) is 82.9 cm³/mol. The maximum absolute atomic E-state index is 13.3. The lowest BCUT2D eigenvalue weighted by Gasteiger charge is -2.38. The third-order valence-electron chi connectivity index (χ3n) is 4.69. The van der Waals surface area contributed by atoms with Gasteiger partial charge in [0.25, 0.3) is 0 Å². The van der Waals surface area contributed by atoms with Crippen LogP contribution in [0.25, 0.3) is 0 Å². The van der Waals surface area contributed by atoms with E-state index in [4.69, 9.17) is 9.47 Å². The number of halogens is 3. The first-order chi connectivity index (χ1) is 11.5. The smallest absolute Gasteiger partial charge is 0.377 e. The van der Waals surface area contributed by atoms with Gasteiger partial charge >= 0.3 is 6.18 Å². The summed E-state index contributed by atoms with van der Waals surface area (Å²) >= 11 is 0. The molecule has 136 valence electrons. The molecule has 0 aliphatic carbocycles. The van der Waals surface area contributed by atoms with Crippen LogP contribution in [0.5, 0.6) is 0 Å². The number of nitrogens with one attached hydrogen (secondary N) is 1. The predicted octanol–water partition coefficient (Wildman–Crippen LogP) is 2.04. The molecule has 0 spiro atoms. The van der Waals surface area contributed by atoms with Crippen molar-refractivity contribution >= 4 is 0 Å². The molecule has 24 heavy (non-hydrogen) atoms. The fraction of sp³-hybridized carbons (Fsp3) is 0.750. The molecule has 5 nitrogen and oxygen atoms in total. The number of likely N-dealkylation sites (tertiary alicyclic amines) is 1. The Morgan fingerprint density at radius 3 is 2.79 bits per heavy atom. The van der Waals surface area contributed by atoms with Crippen LogP contribution < -0.4 is 5.32 Å². The minimum Gasteiger partial charge on any atom is -0.377 e. The van der Waals surface area contributed by atoms with Gasteiger partial charge in [-0.1, -0.05) is 0 Å². The van der Waals surface area contributed by atoms with Gasteiger partial charge in [0.05, 0.1) is 19.8 Å². The Labute approximate surface area is 140 Å². The molecule has 0 aromatic carbocycles. The standard InChI is InChI=1S/C16H24F3N3O2/c1-12-10-23-8-6-21(12)13-4-7-24-11-20-15(9-13)22-5-2-3-14(22)16(17,18)19/h4,9,12,14,20H,2-3,5-8,10-11H2,1H3/t12-,14-/m1/s1. The number of hydrogen-bond acceptors (Lipinski definition) is 5. The van der Waals surface area contributed by atoms with E-state index >= 15 is 0 Å². The Bertz CT molecular complexity index is 507. The molecule has 0 bridgehead atoms. The summed E-state index contributed by atoms with van der Waals surface area (Å²) in [6.07, 6.45) is 0.210. The molecule has 0 amide bonds. The lowest BCUT2D eigenvalue weighted by atomic mass is 10.2. The van der Waals surface area contributed by atoms with Crippen molar-refractivity contribution in [3.63, 3.8) is 0 Å². The van der Waals surface area contributed by atoms with Gasteiger partial charge in [0, 0.05) is 30.9 Å². The van der Waals surface area contributed by atoms with Gasteiger partial charge < -0.3 is 24.6 Å². The molecule has 0 aromatic rings. The second kappa shape index (κ2) is 7.23. The Kier molecular flexibility index (Phi) is 5.24. The highest BCUT2D eigenvalue weighted by molar-refractivity contribution is 5.24. The summed E-state index contributed by atoms with van der Waals surface area (Å²) in [6.45, 7) is 5.04. The summed E-state index contributed by atoms with van der Waals surface area (Å²) in [5, 5.41) is 3.02. The molecule has 3 heterocycles. The molecule has 0 unspecified atom stereocenters. The average Bonchev–Trinajstić information content (AvgIpc) is 2.98. The van der Waals surface area contributed by atoms with Gasteiger partial charge in [0.2, 0.25) is 0 Å². The molecule has 3 rings (SSSR count). The first-order valence-corrected chi connectivity index (χ1v) is 8.38. The number of hydrogen-bond donors (Lipinski definition) is 1. The summed E-state index contributed by atoms with van der Waals surface area (Å²) < 4.78 is 50.8. The van der Waals surface area contributed by atoms with Crippen LogP contribution in [0.2, 0.25) is 0 Å². The first kappa shape index (κ1) is 17.4. The van der Waals surface area contributed by atoms with E-state index in [0.29, 0.717) is 38.6 Å². The quantitative estimate of drug-likeness (QED) is 0.827. The van der Waals surface area contributed by atoms with Crippen LogP contribution in [0.3, 0.4) is 0 Å². The maximum Gasteiger partial charge on any atom is 0.408 e. The molecule has 0 aromatic heterocycles. The third-order valence-corrected chi connectivity index (χ3v) is 4.69. The number of ether oxygens (including phenoxy) is 2. The van der Waals surface area contributed by atoms with Crippen LogP contribution >= 0.6 is 0 Å². The number of allylic oxidation sites excluding steroid dienone is 1. The monoisotopic (exact) mass is 347 g/mol. The summed E-state index contributed by atoms with van der Waals surface area (Å²) in [4.78, 5) is 3.59. The van der Waals surface area contributed by atoms with Gasteiger partial charge in [0.15, 0.2) is 0 Å². The molecule has 2 saturated heterocycles. The van der Waals surface area contributed by atoms with E-state index < -0.39 is 12.2 Å². The van der Waals surface area contributed by atoms with E-state index in [-0.39, 0.29) is 19.2 Å². The van der Waals surface area contributed by atoms with Gasteiger partial charge in [-0.05, 0) is 25.8 Å². The zero-order chi connectivity index (χ0) is 17.2. The molecular formula is C16H24F3N3O2. The average molecular weight is 347 g/mol. The van der Waals surface area contributed by atoms with Crippen LogP contribution in [-0.4, -0.2) is 67.7 Å². The van der Waals surface area contributed by atoms with Crippen molar-refractivity contribution in [3.05, 3.63) is 23.7 Å². The molecule has 8 heteroatoms. The lowest BCUT2D eigenvalue weighted by Crippen LogP contribution is -2.46. The molecule has 2 atom stereocenters. The minimum atomic E-state index is -4.22. The molecule has 0 saturated carbocycles. The SMILES string of the molecule is C[C@@H]1COCCN1C1=CCOCNC(N2CCC[C@@H]2C(F)(F)F)=C1. The molecule has 3 aliphatic rings. The van der Waals surface area contributed by atoms with E-state index in [2.05, 4.69) is 17.1 Å². The molecule has 1 N–H and O–H groups in total. The summed E-state index contributed by atoms with van der Waals surface area (Å²) in [5.41, 5.74) is 0.890. The zero-order valence-electron chi connectivity index (χ0n) is 13.8. The fourth-order valence-electron chi connectivity index (χ4n) is 3.47. The Morgan fingerprint density at radius 1 is 1.21 bits per heavy atom. The van der Waals surface area contributed by atoms with Crippen LogP contribution in [0, 0.1) is 0 Å². The van der Waals surface area contributed by atoms with E-state index in [1.807, 2.05) is 12.2 Å². The van der Waals surface area contributed by atoms with Crippen molar-refractivity contribution in [2.24, 2.45) is 0 Å². The van der Waals surface area contributed by atoms with Crippen LogP contribution in [0.15, 0.2) is 23.7 Å². The zero-order valence-corrected chi connectivity index (χ0v) is 13.8. The van der Waals surface area contributed by atoms with E-state index in [9.17, 15) is 13.2 Å². The minimum absolute atomic E-state index is 0.135. The van der Waals surface area contributed by atoms with Gasteiger partial charge in [-0.15, -0.1) is 0 Å². The molecule has 0 radical (unpaired) electrons. The van der Waals surface area contributed by atoms with E-state index in [1.54, 1.807) is 0 Å². The number of morpholine rings is 1. The Balaban J connectivity index is 1.85. The van der Waals surface area contributed by atoms with Gasteiger partial charge in [-0.3, -0.25) is 0 Å². The lowest BCUT2D eigenvalue weighted by molar-refractivity contribution is -0.172. The highest BCUT2D eigenvalue weighted by atomic mass is 19.4. The van der Waals surface area contributed by atoms with E-state index in [0.717, 1.165) is 12.2 Å². The Morgan fingerprint density at radius 2 is 2.04 bits per heavy atom. The number of nitrogens with zero attached hydrogens (tertiary/aromatic N) is 2. The summed E-state index contributed by atoms with van der Waals surface area (Å²) in [6, 6.07) is -1.25. The highest BCUT2D eigenvalue weighted by Crippen LogP contribution is 2.35. The van der Waals surface area contributed by atoms with Crippen molar-refractivity contribution in [2.75, 3.05) is 39.6 Å². The molecule has 2 fully saturated rings. The van der Waals surface area contributed by atoms with Crippen LogP contribution in [-0.2, 0) is 9.47 Å². The fourth-order valence-corrected chi connectivity index (χ4v) is 3.47. The number of alkyl halides is 3. The van der Waals surface area contributed by atoms with Crippen molar-refractivity contribution in [3.8, 4) is 0 Å². The third kappa shape index (κ3) is 3.80. The van der Waals surface area contributed by atoms with Gasteiger partial charge in [0.1, 0.15) is 18.6 Å². The second-order valence-corrected chi connectivity index (χ2v) is 6.36. The largest absolute Gasteiger partial charge is 0.408 e. The van der Waals surface area contributed by atoms with Crippen LogP contribution in [0.4, 0.5) is 13.2 Å². The number of rotatable bonds is 2. The topological polar surface area (TPSA) is 37.0 Å². The maximum atomic E-state index is 13.3. The molecule has 3 aliphatic heterocycles. The molecular weight excluding hydrogens is 323 g/mol. The van der Waals surface area contributed by atoms with Gasteiger partial charge in [-0.2, -0.15) is 13.2 Å². The van der Waals surface area contributed by atoms with Crippen LogP contribution in [0.1, 0.15) is 19.8 Å². The second-order valence-electron chi connectivity index (χ2n) is 6.36. The van der Waals surface area contributed by atoms with Crippen molar-refractivity contribution in [1.29, 1.82) is 0 Å². The normalized spacial score (nSPS) is 29.5. The van der Waals surface area contributed by atoms with Gasteiger partial charge in [-0.25, -0.2) is 0 Å². The Hall–Kier alpha value is -1.41. The first-order valence-electron chi connectivity index (χ1n) is 8.38. The summed E-state index contributed by atoms with van der Waals surface area (Å²) in [7, 11) is 0. The van der Waals surface area contributed by atoms with E-state index in [1.165, 1.54) is 4.90 Å². The summed E-state index contributed by atoms with van der Waals surface area (Å²) in [5.74, 6) is 0.486.